The molecule has 0 heterocycles. The van der Waals surface area contributed by atoms with Gasteiger partial charge >= 0.3 is 6.18 Å². The van der Waals surface area contributed by atoms with Gasteiger partial charge in [-0.3, -0.25) is 4.79 Å². The Morgan fingerprint density at radius 2 is 1.89 bits per heavy atom. The monoisotopic (exact) mass is 273 g/mol. The second-order valence-electron chi connectivity index (χ2n) is 3.70. The van der Waals surface area contributed by atoms with Crippen LogP contribution in [-0.2, 0) is 15.7 Å². The molecule has 1 aromatic rings. The topological polar surface area (TPSA) is 29.5 Å². The Bertz CT molecular complexity index is 452. The van der Waals surface area contributed by atoms with E-state index in [9.17, 15) is 18.0 Å². The van der Waals surface area contributed by atoms with Gasteiger partial charge in [-0.25, -0.2) is 0 Å². The van der Waals surface area contributed by atoms with Gasteiger partial charge in [-0.2, -0.15) is 13.2 Å². The molecular formula is C13H14F3NO2. The molecular weight excluding hydrogens is 259 g/mol. The van der Waals surface area contributed by atoms with Gasteiger partial charge < -0.3 is 9.64 Å². The number of carbonyl (C=O) groups is 1. The fraction of sp³-hybridized carbons (Fsp3) is 0.308. The lowest BCUT2D eigenvalue weighted by molar-refractivity contribution is -0.137. The van der Waals surface area contributed by atoms with Crippen molar-refractivity contribution in [2.24, 2.45) is 0 Å². The van der Waals surface area contributed by atoms with Crippen LogP contribution >= 0.6 is 0 Å². The molecule has 0 unspecified atom stereocenters. The van der Waals surface area contributed by atoms with Gasteiger partial charge in [0.2, 0.25) is 0 Å². The lowest BCUT2D eigenvalue weighted by atomic mass is 10.2. The Kier molecular flexibility index (Phi) is 4.97. The van der Waals surface area contributed by atoms with Crippen molar-refractivity contribution in [3.05, 3.63) is 42.2 Å². The van der Waals surface area contributed by atoms with Crippen LogP contribution in [0.2, 0.25) is 0 Å². The number of likely N-dealkylation sites (N-methyl/N-ethyl adjacent to an activating group) is 1. The van der Waals surface area contributed by atoms with Gasteiger partial charge in [-0.05, 0) is 31.2 Å². The molecule has 0 aliphatic carbocycles. The van der Waals surface area contributed by atoms with E-state index in [4.69, 9.17) is 4.74 Å². The van der Waals surface area contributed by atoms with Crippen molar-refractivity contribution in [1.82, 2.24) is 0 Å². The molecule has 0 N–H and O–H groups in total. The van der Waals surface area contributed by atoms with E-state index in [1.54, 1.807) is 6.92 Å². The van der Waals surface area contributed by atoms with E-state index in [0.717, 1.165) is 12.1 Å². The predicted molar refractivity (Wildman–Crippen MR) is 65.6 cm³/mol. The van der Waals surface area contributed by atoms with Gasteiger partial charge in [0.1, 0.15) is 0 Å². The smallest absolute Gasteiger partial charge is 0.416 e. The number of benzene rings is 1. The van der Waals surface area contributed by atoms with Crippen LogP contribution < -0.4 is 4.90 Å². The van der Waals surface area contributed by atoms with Gasteiger partial charge in [0.25, 0.3) is 5.91 Å². The van der Waals surface area contributed by atoms with Crippen molar-refractivity contribution in [2.45, 2.75) is 13.1 Å². The van der Waals surface area contributed by atoms with E-state index in [0.29, 0.717) is 12.3 Å². The standard InChI is InChI=1S/C13H14F3NO2/c1-3-19-9-8-12(18)17(2)11-6-4-10(5-7-11)13(14,15)16/h4-9H,3H2,1-2H3/b9-8+. The summed E-state index contributed by atoms with van der Waals surface area (Å²) in [6.45, 7) is 2.21. The van der Waals surface area contributed by atoms with E-state index in [-0.39, 0.29) is 5.91 Å². The molecule has 0 radical (unpaired) electrons. The molecule has 104 valence electrons. The molecule has 0 aliphatic heterocycles. The fourth-order valence-corrected chi connectivity index (χ4v) is 1.32. The summed E-state index contributed by atoms with van der Waals surface area (Å²) in [6.07, 6.45) is -1.92. The van der Waals surface area contributed by atoms with Crippen LogP contribution in [-0.4, -0.2) is 19.6 Å². The highest BCUT2D eigenvalue weighted by molar-refractivity contribution is 6.00. The highest BCUT2D eigenvalue weighted by Gasteiger charge is 2.30. The minimum Gasteiger partial charge on any atom is -0.501 e. The van der Waals surface area contributed by atoms with Crippen LogP contribution in [0.5, 0.6) is 0 Å². The predicted octanol–water partition coefficient (Wildman–Crippen LogP) is 3.22. The lowest BCUT2D eigenvalue weighted by Gasteiger charge is -2.16. The Balaban J connectivity index is 2.78. The van der Waals surface area contributed by atoms with Crippen LogP contribution in [0.25, 0.3) is 0 Å². The number of hydrogen-bond acceptors (Lipinski definition) is 2. The molecule has 0 aromatic heterocycles. The van der Waals surface area contributed by atoms with E-state index >= 15 is 0 Å². The maximum atomic E-state index is 12.4. The Hall–Kier alpha value is -1.98. The van der Waals surface area contributed by atoms with Crippen LogP contribution in [0.4, 0.5) is 18.9 Å². The summed E-state index contributed by atoms with van der Waals surface area (Å²) in [6, 6.07) is 4.36. The fourth-order valence-electron chi connectivity index (χ4n) is 1.32. The second-order valence-corrected chi connectivity index (χ2v) is 3.70. The van der Waals surface area contributed by atoms with Crippen LogP contribution in [0.15, 0.2) is 36.6 Å². The average Bonchev–Trinajstić information content (AvgIpc) is 2.37. The molecule has 0 fully saturated rings. The highest BCUT2D eigenvalue weighted by Crippen LogP contribution is 2.30. The molecule has 1 aromatic carbocycles. The highest BCUT2D eigenvalue weighted by atomic mass is 19.4. The van der Waals surface area contributed by atoms with Gasteiger partial charge in [-0.1, -0.05) is 0 Å². The van der Waals surface area contributed by atoms with Crippen molar-refractivity contribution in [1.29, 1.82) is 0 Å². The number of alkyl halides is 3. The summed E-state index contributed by atoms with van der Waals surface area (Å²) in [5.41, 5.74) is -0.374. The summed E-state index contributed by atoms with van der Waals surface area (Å²) in [5.74, 6) is -0.381. The Labute approximate surface area is 109 Å². The molecule has 0 atom stereocenters. The first-order chi connectivity index (χ1) is 8.86. The zero-order valence-electron chi connectivity index (χ0n) is 10.6. The molecule has 1 amide bonds. The number of anilines is 1. The van der Waals surface area contributed by atoms with Crippen molar-refractivity contribution in [3.63, 3.8) is 0 Å². The van der Waals surface area contributed by atoms with Crippen LogP contribution in [0.1, 0.15) is 12.5 Å². The van der Waals surface area contributed by atoms with Crippen molar-refractivity contribution < 1.29 is 22.7 Å². The molecule has 0 saturated heterocycles. The third-order valence-corrected chi connectivity index (χ3v) is 2.39. The molecule has 0 aliphatic rings. The third kappa shape index (κ3) is 4.31. The summed E-state index contributed by atoms with van der Waals surface area (Å²) < 4.78 is 42.0. The van der Waals surface area contributed by atoms with Crippen molar-refractivity contribution in [3.8, 4) is 0 Å². The Morgan fingerprint density at radius 3 is 2.37 bits per heavy atom. The first kappa shape index (κ1) is 15.1. The largest absolute Gasteiger partial charge is 0.501 e. The molecule has 1 rings (SSSR count). The van der Waals surface area contributed by atoms with E-state index < -0.39 is 11.7 Å². The number of nitrogens with zero attached hydrogens (tertiary/aromatic N) is 1. The van der Waals surface area contributed by atoms with Gasteiger partial charge in [-0.15, -0.1) is 0 Å². The molecule has 0 spiro atoms. The van der Waals surface area contributed by atoms with Crippen LogP contribution in [0.3, 0.4) is 0 Å². The second kappa shape index (κ2) is 6.26. The third-order valence-electron chi connectivity index (χ3n) is 2.39. The molecule has 6 heteroatoms. The summed E-state index contributed by atoms with van der Waals surface area (Å²) in [5, 5.41) is 0. The van der Waals surface area contributed by atoms with E-state index in [1.807, 2.05) is 0 Å². The SMILES string of the molecule is CCO/C=C/C(=O)N(C)c1ccc(C(F)(F)F)cc1. The Morgan fingerprint density at radius 1 is 1.32 bits per heavy atom. The average molecular weight is 273 g/mol. The zero-order chi connectivity index (χ0) is 14.5. The van der Waals surface area contributed by atoms with Gasteiger partial charge in [0.05, 0.1) is 18.4 Å². The van der Waals surface area contributed by atoms with E-state index in [2.05, 4.69) is 0 Å². The van der Waals surface area contributed by atoms with Crippen molar-refractivity contribution in [2.75, 3.05) is 18.6 Å². The number of carbonyl (C=O) groups excluding carboxylic acids is 1. The quantitative estimate of drug-likeness (QED) is 0.622. The maximum Gasteiger partial charge on any atom is 0.416 e. The first-order valence-corrected chi connectivity index (χ1v) is 5.59. The van der Waals surface area contributed by atoms with E-state index in [1.165, 1.54) is 36.4 Å². The molecule has 0 saturated carbocycles. The summed E-state index contributed by atoms with van der Waals surface area (Å²) >= 11 is 0. The van der Waals surface area contributed by atoms with Crippen molar-refractivity contribution >= 4 is 11.6 Å². The molecule has 0 bridgehead atoms. The molecule has 19 heavy (non-hydrogen) atoms. The van der Waals surface area contributed by atoms with Crippen LogP contribution in [0, 0.1) is 0 Å². The minimum absolute atomic E-state index is 0.374. The van der Waals surface area contributed by atoms with Gasteiger partial charge in [0, 0.05) is 18.8 Å². The lowest BCUT2D eigenvalue weighted by Crippen LogP contribution is -2.24. The number of rotatable bonds is 4. The number of halogens is 3. The van der Waals surface area contributed by atoms with Gasteiger partial charge in [0.15, 0.2) is 0 Å². The first-order valence-electron chi connectivity index (χ1n) is 5.59. The number of ether oxygens (including phenoxy) is 1. The number of hydrogen-bond donors (Lipinski definition) is 0. The maximum absolute atomic E-state index is 12.4. The molecule has 3 nitrogen and oxygen atoms in total. The normalized spacial score (nSPS) is 11.6. The summed E-state index contributed by atoms with van der Waals surface area (Å²) in [7, 11) is 1.47. The minimum atomic E-state index is -4.38. The number of amides is 1. The zero-order valence-corrected chi connectivity index (χ0v) is 10.6. The summed E-state index contributed by atoms with van der Waals surface area (Å²) in [4.78, 5) is 12.9.